The van der Waals surface area contributed by atoms with Crippen molar-refractivity contribution in [3.8, 4) is 5.75 Å². The molecule has 0 spiro atoms. The number of thiophene rings is 1. The molecule has 1 saturated heterocycles. The number of hydrogen-bond donors (Lipinski definition) is 1. The molecule has 0 saturated carbocycles. The standard InChI is InChI=1S/C19H24N2O4S2/c22-19(20-11-5-14-25-17-6-2-1-3-7-17)16-9-12-21(13-10-16)27(23,24)18-8-4-15-26-18/h1-4,6-8,15-16H,5,9-14H2,(H,20,22). The smallest absolute Gasteiger partial charge is 0.252 e. The maximum Gasteiger partial charge on any atom is 0.252 e. The summed E-state index contributed by atoms with van der Waals surface area (Å²) in [5.41, 5.74) is 0. The quantitative estimate of drug-likeness (QED) is 0.682. The third-order valence-electron chi connectivity index (χ3n) is 4.55. The van der Waals surface area contributed by atoms with Crippen molar-refractivity contribution >= 4 is 27.3 Å². The SMILES string of the molecule is O=C(NCCCOc1ccccc1)C1CCN(S(=O)(=O)c2cccs2)CC1. The normalized spacial score (nSPS) is 16.1. The van der Waals surface area contributed by atoms with Gasteiger partial charge < -0.3 is 10.1 Å². The predicted molar refractivity (Wildman–Crippen MR) is 105 cm³/mol. The third kappa shape index (κ3) is 5.31. The molecule has 0 bridgehead atoms. The number of piperidine rings is 1. The summed E-state index contributed by atoms with van der Waals surface area (Å²) < 4.78 is 32.5. The van der Waals surface area contributed by atoms with Gasteiger partial charge in [0.1, 0.15) is 9.96 Å². The van der Waals surface area contributed by atoms with Gasteiger partial charge >= 0.3 is 0 Å². The molecule has 8 heteroatoms. The molecule has 6 nitrogen and oxygen atoms in total. The van der Waals surface area contributed by atoms with Crippen molar-refractivity contribution in [3.63, 3.8) is 0 Å². The van der Waals surface area contributed by atoms with E-state index in [1.807, 2.05) is 30.3 Å². The van der Waals surface area contributed by atoms with Crippen molar-refractivity contribution in [2.45, 2.75) is 23.5 Å². The van der Waals surface area contributed by atoms with Crippen molar-refractivity contribution in [3.05, 3.63) is 47.8 Å². The van der Waals surface area contributed by atoms with E-state index in [-0.39, 0.29) is 11.8 Å². The zero-order chi connectivity index (χ0) is 19.1. The van der Waals surface area contributed by atoms with E-state index in [0.717, 1.165) is 12.2 Å². The molecule has 1 N–H and O–H groups in total. The average molecular weight is 409 g/mol. The molecule has 27 heavy (non-hydrogen) atoms. The van der Waals surface area contributed by atoms with Crippen LogP contribution in [0.4, 0.5) is 0 Å². The van der Waals surface area contributed by atoms with Crippen LogP contribution in [-0.2, 0) is 14.8 Å². The van der Waals surface area contributed by atoms with Crippen LogP contribution in [0.2, 0.25) is 0 Å². The van der Waals surface area contributed by atoms with Gasteiger partial charge in [-0.3, -0.25) is 4.79 Å². The van der Waals surface area contributed by atoms with E-state index in [4.69, 9.17) is 4.74 Å². The summed E-state index contributed by atoms with van der Waals surface area (Å²) in [6, 6.07) is 12.9. The van der Waals surface area contributed by atoms with Crippen molar-refractivity contribution in [2.75, 3.05) is 26.2 Å². The van der Waals surface area contributed by atoms with Crippen molar-refractivity contribution in [2.24, 2.45) is 5.92 Å². The Morgan fingerprint density at radius 1 is 1.15 bits per heavy atom. The Labute approximate surface area is 164 Å². The molecule has 3 rings (SSSR count). The van der Waals surface area contributed by atoms with Crippen LogP contribution in [0.5, 0.6) is 5.75 Å². The van der Waals surface area contributed by atoms with Crippen LogP contribution in [-0.4, -0.2) is 44.9 Å². The lowest BCUT2D eigenvalue weighted by molar-refractivity contribution is -0.126. The largest absolute Gasteiger partial charge is 0.494 e. The second kappa shape index (κ2) is 9.34. The number of carbonyl (C=O) groups excluding carboxylic acids is 1. The van der Waals surface area contributed by atoms with Gasteiger partial charge in [0.25, 0.3) is 10.0 Å². The van der Waals surface area contributed by atoms with Crippen molar-refractivity contribution < 1.29 is 17.9 Å². The Morgan fingerprint density at radius 3 is 2.56 bits per heavy atom. The zero-order valence-corrected chi connectivity index (χ0v) is 16.7. The number of para-hydroxylation sites is 1. The first kappa shape index (κ1) is 19.9. The molecule has 1 aromatic carbocycles. The molecule has 2 heterocycles. The fourth-order valence-electron chi connectivity index (χ4n) is 3.03. The van der Waals surface area contributed by atoms with Crippen LogP contribution in [0, 0.1) is 5.92 Å². The first-order valence-corrected chi connectivity index (χ1v) is 11.4. The van der Waals surface area contributed by atoms with Gasteiger partial charge in [-0.15, -0.1) is 11.3 Å². The van der Waals surface area contributed by atoms with Gasteiger partial charge in [-0.1, -0.05) is 24.3 Å². The van der Waals surface area contributed by atoms with Gasteiger partial charge in [0.2, 0.25) is 5.91 Å². The van der Waals surface area contributed by atoms with Crippen LogP contribution >= 0.6 is 11.3 Å². The minimum absolute atomic E-state index is 0.00267. The molecule has 0 unspecified atom stereocenters. The molecule has 0 aliphatic carbocycles. The van der Waals surface area contributed by atoms with Crippen LogP contribution in [0.15, 0.2) is 52.1 Å². The van der Waals surface area contributed by atoms with Gasteiger partial charge in [0.05, 0.1) is 6.61 Å². The zero-order valence-electron chi connectivity index (χ0n) is 15.0. The number of hydrogen-bond acceptors (Lipinski definition) is 5. The van der Waals surface area contributed by atoms with E-state index in [1.54, 1.807) is 17.5 Å². The fourth-order valence-corrected chi connectivity index (χ4v) is 5.64. The summed E-state index contributed by atoms with van der Waals surface area (Å²) in [4.78, 5) is 12.3. The highest BCUT2D eigenvalue weighted by molar-refractivity contribution is 7.91. The van der Waals surface area contributed by atoms with Crippen LogP contribution in [0.25, 0.3) is 0 Å². The number of benzene rings is 1. The number of nitrogens with one attached hydrogen (secondary N) is 1. The second-order valence-corrected chi connectivity index (χ2v) is 9.53. The number of nitrogens with zero attached hydrogens (tertiary/aromatic N) is 1. The molecule has 2 aromatic rings. The maximum absolute atomic E-state index is 12.5. The molecule has 1 aliphatic heterocycles. The van der Waals surface area contributed by atoms with Crippen LogP contribution in [0.1, 0.15) is 19.3 Å². The topological polar surface area (TPSA) is 75.7 Å². The van der Waals surface area contributed by atoms with Gasteiger partial charge in [-0.25, -0.2) is 8.42 Å². The van der Waals surface area contributed by atoms with Crippen molar-refractivity contribution in [1.29, 1.82) is 0 Å². The van der Waals surface area contributed by atoms with Crippen molar-refractivity contribution in [1.82, 2.24) is 9.62 Å². The summed E-state index contributed by atoms with van der Waals surface area (Å²) in [5.74, 6) is 0.695. The Balaban J connectivity index is 1.36. The highest BCUT2D eigenvalue weighted by Crippen LogP contribution is 2.26. The van der Waals surface area contributed by atoms with Gasteiger partial charge in [0, 0.05) is 25.6 Å². The number of rotatable bonds is 8. The van der Waals surface area contributed by atoms with E-state index in [1.165, 1.54) is 15.6 Å². The van der Waals surface area contributed by atoms with Crippen LogP contribution < -0.4 is 10.1 Å². The maximum atomic E-state index is 12.5. The summed E-state index contributed by atoms with van der Waals surface area (Å²) in [6.45, 7) is 1.87. The summed E-state index contributed by atoms with van der Waals surface area (Å²) in [7, 11) is -3.41. The number of sulfonamides is 1. The lowest BCUT2D eigenvalue weighted by Crippen LogP contribution is -2.43. The Kier molecular flexibility index (Phi) is 6.87. The van der Waals surface area contributed by atoms with Gasteiger partial charge in [-0.05, 0) is 42.8 Å². The molecule has 1 aromatic heterocycles. The molecular formula is C19H24N2O4S2. The van der Waals surface area contributed by atoms with E-state index in [0.29, 0.717) is 43.3 Å². The number of ether oxygens (including phenoxy) is 1. The lowest BCUT2D eigenvalue weighted by Gasteiger charge is -2.30. The predicted octanol–water partition coefficient (Wildman–Crippen LogP) is 2.73. The Hall–Kier alpha value is -1.90. The lowest BCUT2D eigenvalue weighted by atomic mass is 9.97. The molecule has 0 atom stereocenters. The summed E-state index contributed by atoms with van der Waals surface area (Å²) in [6.07, 6.45) is 1.83. The molecule has 146 valence electrons. The number of carbonyl (C=O) groups is 1. The third-order valence-corrected chi connectivity index (χ3v) is 7.82. The minimum Gasteiger partial charge on any atom is -0.494 e. The Morgan fingerprint density at radius 2 is 1.89 bits per heavy atom. The average Bonchev–Trinajstić information content (AvgIpc) is 3.24. The fraction of sp³-hybridized carbons (Fsp3) is 0.421. The Bertz CT molecular complexity index is 815. The first-order chi connectivity index (χ1) is 13.1. The molecular weight excluding hydrogens is 384 g/mol. The van der Waals surface area contributed by atoms with Crippen LogP contribution in [0.3, 0.4) is 0 Å². The first-order valence-electron chi connectivity index (χ1n) is 9.06. The molecule has 1 amide bonds. The van der Waals surface area contributed by atoms with E-state index in [9.17, 15) is 13.2 Å². The summed E-state index contributed by atoms with van der Waals surface area (Å²) in [5, 5.41) is 4.69. The minimum atomic E-state index is -3.41. The van der Waals surface area contributed by atoms with Gasteiger partial charge in [-0.2, -0.15) is 4.31 Å². The highest BCUT2D eigenvalue weighted by atomic mass is 32.2. The van der Waals surface area contributed by atoms with E-state index >= 15 is 0 Å². The van der Waals surface area contributed by atoms with E-state index < -0.39 is 10.0 Å². The molecule has 0 radical (unpaired) electrons. The molecule has 1 fully saturated rings. The number of amides is 1. The second-order valence-electron chi connectivity index (χ2n) is 6.42. The van der Waals surface area contributed by atoms with E-state index in [2.05, 4.69) is 5.32 Å². The summed E-state index contributed by atoms with van der Waals surface area (Å²) >= 11 is 1.22. The monoisotopic (exact) mass is 408 g/mol. The highest BCUT2D eigenvalue weighted by Gasteiger charge is 2.32. The van der Waals surface area contributed by atoms with Gasteiger partial charge in [0.15, 0.2) is 0 Å². The molecule has 1 aliphatic rings.